The molecule has 0 aliphatic rings. The van der Waals surface area contributed by atoms with E-state index in [-0.39, 0.29) is 24.1 Å². The van der Waals surface area contributed by atoms with Gasteiger partial charge in [0, 0.05) is 17.7 Å². The van der Waals surface area contributed by atoms with Crippen molar-refractivity contribution in [3.8, 4) is 17.0 Å². The summed E-state index contributed by atoms with van der Waals surface area (Å²) in [5.74, 6) is 0.570. The van der Waals surface area contributed by atoms with Gasteiger partial charge >= 0.3 is 0 Å². The van der Waals surface area contributed by atoms with Gasteiger partial charge in [-0.1, -0.05) is 30.3 Å². The lowest BCUT2D eigenvalue weighted by atomic mass is 10.1. The molecule has 1 N–H and O–H groups in total. The van der Waals surface area contributed by atoms with Crippen molar-refractivity contribution in [2.45, 2.75) is 39.3 Å². The monoisotopic (exact) mass is 405 g/mol. The van der Waals surface area contributed by atoms with Gasteiger partial charge in [-0.2, -0.15) is 0 Å². The van der Waals surface area contributed by atoms with E-state index in [0.717, 1.165) is 24.2 Å². The second-order valence-electron chi connectivity index (χ2n) is 7.19. The lowest BCUT2D eigenvalue weighted by Gasteiger charge is -2.14. The fourth-order valence-electron chi connectivity index (χ4n) is 3.17. The highest BCUT2D eigenvalue weighted by molar-refractivity contribution is 5.76. The van der Waals surface area contributed by atoms with E-state index in [2.05, 4.69) is 22.4 Å². The maximum atomic E-state index is 12.4. The average molecular weight is 405 g/mol. The second kappa shape index (κ2) is 10.4. The topological polar surface area (TPSA) is 73.2 Å². The Kier molecular flexibility index (Phi) is 7.38. The number of aromatic nitrogens is 2. The number of benzene rings is 2. The van der Waals surface area contributed by atoms with Crippen LogP contribution in [0.3, 0.4) is 0 Å². The molecule has 0 fully saturated rings. The number of rotatable bonds is 9. The number of carbonyl (C=O) groups is 1. The van der Waals surface area contributed by atoms with E-state index in [1.165, 1.54) is 22.5 Å². The molecule has 3 rings (SSSR count). The zero-order valence-electron chi connectivity index (χ0n) is 17.4. The van der Waals surface area contributed by atoms with Crippen molar-refractivity contribution in [1.82, 2.24) is 14.9 Å². The van der Waals surface area contributed by atoms with Crippen LogP contribution >= 0.6 is 0 Å². The third-order valence-electron chi connectivity index (χ3n) is 4.77. The van der Waals surface area contributed by atoms with E-state index >= 15 is 0 Å². The lowest BCUT2D eigenvalue weighted by Crippen LogP contribution is -2.37. The molecule has 2 aromatic carbocycles. The highest BCUT2D eigenvalue weighted by atomic mass is 16.5. The van der Waals surface area contributed by atoms with Crippen LogP contribution in [-0.2, 0) is 17.8 Å². The Bertz CT molecular complexity index is 1010. The quantitative estimate of drug-likeness (QED) is 0.592. The third kappa shape index (κ3) is 6.04. The third-order valence-corrected chi connectivity index (χ3v) is 4.77. The minimum atomic E-state index is -0.263. The minimum absolute atomic E-state index is 0.0181. The van der Waals surface area contributed by atoms with E-state index in [9.17, 15) is 9.59 Å². The van der Waals surface area contributed by atoms with Gasteiger partial charge in [-0.3, -0.25) is 14.2 Å². The largest absolute Gasteiger partial charge is 0.494 e. The zero-order valence-corrected chi connectivity index (χ0v) is 17.4. The maximum Gasteiger partial charge on any atom is 0.254 e. The molecule has 1 atom stereocenters. The van der Waals surface area contributed by atoms with Gasteiger partial charge in [-0.25, -0.2) is 4.98 Å². The molecule has 0 saturated carbocycles. The van der Waals surface area contributed by atoms with E-state index in [1.807, 2.05) is 56.3 Å². The van der Waals surface area contributed by atoms with Crippen LogP contribution in [-0.4, -0.2) is 28.1 Å². The molecule has 1 amide bonds. The fraction of sp³-hybridized carbons (Fsp3) is 0.292. The molecule has 0 bridgehead atoms. The summed E-state index contributed by atoms with van der Waals surface area (Å²) in [6.07, 6.45) is 3.14. The first-order valence-electron chi connectivity index (χ1n) is 10.2. The smallest absolute Gasteiger partial charge is 0.254 e. The lowest BCUT2D eigenvalue weighted by molar-refractivity contribution is -0.122. The van der Waals surface area contributed by atoms with Crippen LogP contribution in [0.15, 0.2) is 71.8 Å². The zero-order chi connectivity index (χ0) is 21.3. The summed E-state index contributed by atoms with van der Waals surface area (Å²) in [6, 6.07) is 19.0. The van der Waals surface area contributed by atoms with E-state index in [0.29, 0.717) is 12.3 Å². The number of nitrogens with one attached hydrogen (secondary N) is 1. The van der Waals surface area contributed by atoms with Crippen LogP contribution in [0, 0.1) is 0 Å². The van der Waals surface area contributed by atoms with Gasteiger partial charge in [0.05, 0.1) is 18.6 Å². The SMILES string of the molecule is CCOc1ccc(-c2cc(=O)n(CC(=O)NC(C)CCc3ccccc3)cn2)cc1. The standard InChI is InChI=1S/C24H27N3O3/c1-3-30-21-13-11-20(12-14-21)22-15-24(29)27(17-25-22)16-23(28)26-18(2)9-10-19-7-5-4-6-8-19/h4-8,11-15,17-18H,3,9-10,16H2,1-2H3,(H,26,28). The van der Waals surface area contributed by atoms with Crippen molar-refractivity contribution >= 4 is 5.91 Å². The van der Waals surface area contributed by atoms with Gasteiger partial charge in [0.2, 0.25) is 5.91 Å². The van der Waals surface area contributed by atoms with Gasteiger partial charge in [0.15, 0.2) is 0 Å². The molecule has 1 unspecified atom stereocenters. The molecule has 0 aliphatic heterocycles. The van der Waals surface area contributed by atoms with Crippen LogP contribution in [0.2, 0.25) is 0 Å². The summed E-state index contributed by atoms with van der Waals surface area (Å²) in [7, 11) is 0. The van der Waals surface area contributed by atoms with Crippen molar-refractivity contribution in [3.63, 3.8) is 0 Å². The summed E-state index contributed by atoms with van der Waals surface area (Å²) in [6.45, 7) is 4.44. The highest BCUT2D eigenvalue weighted by Gasteiger charge is 2.10. The first-order valence-corrected chi connectivity index (χ1v) is 10.2. The summed E-state index contributed by atoms with van der Waals surface area (Å²) in [5, 5.41) is 2.95. The van der Waals surface area contributed by atoms with Crippen LogP contribution in [0.25, 0.3) is 11.3 Å². The Balaban J connectivity index is 1.55. The molecule has 30 heavy (non-hydrogen) atoms. The first-order chi connectivity index (χ1) is 14.5. The van der Waals surface area contributed by atoms with E-state index < -0.39 is 0 Å². The van der Waals surface area contributed by atoms with Crippen molar-refractivity contribution in [2.24, 2.45) is 0 Å². The number of amides is 1. The predicted octanol–water partition coefficient (Wildman–Crippen LogP) is 3.45. The van der Waals surface area contributed by atoms with Crippen LogP contribution in [0.1, 0.15) is 25.8 Å². The van der Waals surface area contributed by atoms with Gasteiger partial charge in [0.1, 0.15) is 12.3 Å². The predicted molar refractivity (Wildman–Crippen MR) is 117 cm³/mol. The number of aryl methyl sites for hydroxylation is 1. The molecule has 3 aromatic rings. The molecule has 0 aliphatic carbocycles. The van der Waals surface area contributed by atoms with Crippen LogP contribution in [0.5, 0.6) is 5.75 Å². The molecule has 6 heteroatoms. The van der Waals surface area contributed by atoms with Crippen LogP contribution in [0.4, 0.5) is 0 Å². The normalized spacial score (nSPS) is 11.7. The van der Waals surface area contributed by atoms with Crippen molar-refractivity contribution in [1.29, 1.82) is 0 Å². The van der Waals surface area contributed by atoms with Gasteiger partial charge < -0.3 is 10.1 Å². The van der Waals surface area contributed by atoms with Gasteiger partial charge in [-0.05, 0) is 56.5 Å². The molecular formula is C24H27N3O3. The minimum Gasteiger partial charge on any atom is -0.494 e. The molecule has 0 radical (unpaired) electrons. The molecular weight excluding hydrogens is 378 g/mol. The molecule has 6 nitrogen and oxygen atoms in total. The van der Waals surface area contributed by atoms with Crippen molar-refractivity contribution < 1.29 is 9.53 Å². The molecule has 1 heterocycles. The Morgan fingerprint density at radius 1 is 1.13 bits per heavy atom. The Labute approximate surface area is 176 Å². The van der Waals surface area contributed by atoms with Crippen molar-refractivity contribution in [3.05, 3.63) is 82.9 Å². The maximum absolute atomic E-state index is 12.4. The molecule has 1 aromatic heterocycles. The second-order valence-corrected chi connectivity index (χ2v) is 7.19. The number of nitrogens with zero attached hydrogens (tertiary/aromatic N) is 2. The number of hydrogen-bond acceptors (Lipinski definition) is 4. The van der Waals surface area contributed by atoms with Crippen molar-refractivity contribution in [2.75, 3.05) is 6.61 Å². The number of hydrogen-bond donors (Lipinski definition) is 1. The average Bonchev–Trinajstić information content (AvgIpc) is 2.75. The summed E-state index contributed by atoms with van der Waals surface area (Å²) in [4.78, 5) is 29.1. The highest BCUT2D eigenvalue weighted by Crippen LogP contribution is 2.19. The summed E-state index contributed by atoms with van der Waals surface area (Å²) >= 11 is 0. The Morgan fingerprint density at radius 3 is 2.53 bits per heavy atom. The fourth-order valence-corrected chi connectivity index (χ4v) is 3.17. The molecule has 0 saturated heterocycles. The number of ether oxygens (including phenoxy) is 1. The molecule has 0 spiro atoms. The van der Waals surface area contributed by atoms with Crippen LogP contribution < -0.4 is 15.6 Å². The first kappa shape index (κ1) is 21.3. The Hall–Kier alpha value is -3.41. The summed E-state index contributed by atoms with van der Waals surface area (Å²) in [5.41, 5.74) is 2.36. The van der Waals surface area contributed by atoms with Gasteiger partial charge in [-0.15, -0.1) is 0 Å². The number of carbonyl (C=O) groups excluding carboxylic acids is 1. The van der Waals surface area contributed by atoms with E-state index in [4.69, 9.17) is 4.74 Å². The van der Waals surface area contributed by atoms with E-state index in [1.54, 1.807) is 0 Å². The molecule has 156 valence electrons. The van der Waals surface area contributed by atoms with Gasteiger partial charge in [0.25, 0.3) is 5.56 Å². The Morgan fingerprint density at radius 2 is 1.87 bits per heavy atom. The summed E-state index contributed by atoms with van der Waals surface area (Å²) < 4.78 is 6.74.